The largest absolute Gasteiger partial charge is 0.354 e. The van der Waals surface area contributed by atoms with E-state index in [1.807, 2.05) is 0 Å². The molecule has 0 radical (unpaired) electrons. The standard InChI is InChI=1S/C18H26N2O.ClH/c1-14-6-4-7-15(12-14)18(9-2-3-10-18)17(21)20-13-16-8-5-11-19-16;/h4,6-7,12,16,19H,2-3,5,8-11,13H2,1H3,(H,20,21);1H. The van der Waals surface area contributed by atoms with E-state index in [9.17, 15) is 4.79 Å². The van der Waals surface area contributed by atoms with Crippen molar-refractivity contribution < 1.29 is 4.79 Å². The molecule has 1 saturated carbocycles. The zero-order valence-electron chi connectivity index (χ0n) is 13.4. The first-order valence-corrected chi connectivity index (χ1v) is 8.29. The molecular formula is C18H27ClN2O. The summed E-state index contributed by atoms with van der Waals surface area (Å²) in [5.74, 6) is 0.235. The number of amides is 1. The maximum absolute atomic E-state index is 12.9. The molecule has 1 aromatic carbocycles. The highest BCUT2D eigenvalue weighted by Gasteiger charge is 2.42. The van der Waals surface area contributed by atoms with Crippen LogP contribution in [0.25, 0.3) is 0 Å². The van der Waals surface area contributed by atoms with Gasteiger partial charge in [-0.1, -0.05) is 42.7 Å². The molecule has 3 nitrogen and oxygen atoms in total. The molecular weight excluding hydrogens is 296 g/mol. The van der Waals surface area contributed by atoms with Crippen molar-refractivity contribution in [2.45, 2.75) is 56.9 Å². The van der Waals surface area contributed by atoms with Crippen LogP contribution in [0.1, 0.15) is 49.7 Å². The Balaban J connectivity index is 0.00000176. The van der Waals surface area contributed by atoms with Crippen molar-refractivity contribution in [1.29, 1.82) is 0 Å². The summed E-state index contributed by atoms with van der Waals surface area (Å²) in [6, 6.07) is 8.97. The molecule has 1 amide bonds. The van der Waals surface area contributed by atoms with Gasteiger partial charge in [0.25, 0.3) is 0 Å². The summed E-state index contributed by atoms with van der Waals surface area (Å²) >= 11 is 0. The van der Waals surface area contributed by atoms with E-state index in [-0.39, 0.29) is 23.7 Å². The number of hydrogen-bond acceptors (Lipinski definition) is 2. The first kappa shape index (κ1) is 17.3. The van der Waals surface area contributed by atoms with E-state index in [4.69, 9.17) is 0 Å². The molecule has 3 rings (SSSR count). The van der Waals surface area contributed by atoms with Crippen molar-refractivity contribution in [3.8, 4) is 0 Å². The third kappa shape index (κ3) is 3.47. The second-order valence-corrected chi connectivity index (χ2v) is 6.66. The van der Waals surface area contributed by atoms with Crippen LogP contribution in [0.15, 0.2) is 24.3 Å². The SMILES string of the molecule is Cc1cccc(C2(C(=O)NCC3CCCN3)CCCC2)c1.Cl. The van der Waals surface area contributed by atoms with Gasteiger partial charge in [0, 0.05) is 12.6 Å². The van der Waals surface area contributed by atoms with Crippen LogP contribution in [0, 0.1) is 6.92 Å². The van der Waals surface area contributed by atoms with Gasteiger partial charge in [0.15, 0.2) is 0 Å². The van der Waals surface area contributed by atoms with E-state index in [1.165, 1.54) is 24.0 Å². The molecule has 122 valence electrons. The number of rotatable bonds is 4. The molecule has 1 aliphatic heterocycles. The number of carbonyl (C=O) groups excluding carboxylic acids is 1. The number of aryl methyl sites for hydroxylation is 1. The van der Waals surface area contributed by atoms with Crippen molar-refractivity contribution in [1.82, 2.24) is 10.6 Å². The average Bonchev–Trinajstić information content (AvgIpc) is 3.17. The van der Waals surface area contributed by atoms with E-state index >= 15 is 0 Å². The third-order valence-corrected chi connectivity index (χ3v) is 5.13. The fourth-order valence-electron chi connectivity index (χ4n) is 3.88. The smallest absolute Gasteiger partial charge is 0.230 e. The quantitative estimate of drug-likeness (QED) is 0.894. The van der Waals surface area contributed by atoms with E-state index in [0.29, 0.717) is 6.04 Å². The summed E-state index contributed by atoms with van der Waals surface area (Å²) in [4.78, 5) is 12.9. The van der Waals surface area contributed by atoms with E-state index in [2.05, 4.69) is 41.8 Å². The van der Waals surface area contributed by atoms with Crippen molar-refractivity contribution in [3.05, 3.63) is 35.4 Å². The minimum atomic E-state index is -0.287. The van der Waals surface area contributed by atoms with Gasteiger partial charge in [0.1, 0.15) is 0 Å². The van der Waals surface area contributed by atoms with Gasteiger partial charge in [-0.15, -0.1) is 12.4 Å². The Bertz CT molecular complexity index is 506. The van der Waals surface area contributed by atoms with Crippen LogP contribution in [0.5, 0.6) is 0 Å². The third-order valence-electron chi connectivity index (χ3n) is 5.13. The van der Waals surface area contributed by atoms with Gasteiger partial charge in [-0.3, -0.25) is 4.79 Å². The first-order valence-electron chi connectivity index (χ1n) is 8.29. The van der Waals surface area contributed by atoms with Gasteiger partial charge in [-0.05, 0) is 44.7 Å². The lowest BCUT2D eigenvalue weighted by molar-refractivity contribution is -0.126. The number of hydrogen-bond donors (Lipinski definition) is 2. The zero-order chi connectivity index (χ0) is 14.7. The van der Waals surface area contributed by atoms with Crippen LogP contribution in [0.4, 0.5) is 0 Å². The summed E-state index contributed by atoms with van der Waals surface area (Å²) in [6.07, 6.45) is 6.69. The number of nitrogens with one attached hydrogen (secondary N) is 2. The van der Waals surface area contributed by atoms with Gasteiger partial charge >= 0.3 is 0 Å². The van der Waals surface area contributed by atoms with Crippen LogP contribution in [-0.4, -0.2) is 25.0 Å². The lowest BCUT2D eigenvalue weighted by atomic mass is 9.77. The molecule has 4 heteroatoms. The van der Waals surface area contributed by atoms with Gasteiger partial charge < -0.3 is 10.6 Å². The predicted molar refractivity (Wildman–Crippen MR) is 92.6 cm³/mol. The molecule has 1 aromatic rings. The summed E-state index contributed by atoms with van der Waals surface area (Å²) < 4.78 is 0. The normalized spacial score (nSPS) is 23.0. The summed E-state index contributed by atoms with van der Waals surface area (Å²) in [7, 11) is 0. The predicted octanol–water partition coefficient (Wildman–Crippen LogP) is 3.10. The van der Waals surface area contributed by atoms with E-state index in [0.717, 1.165) is 38.8 Å². The lowest BCUT2D eigenvalue weighted by Gasteiger charge is -2.29. The zero-order valence-corrected chi connectivity index (χ0v) is 14.2. The highest BCUT2D eigenvalue weighted by molar-refractivity contribution is 5.88. The molecule has 2 aliphatic rings. The monoisotopic (exact) mass is 322 g/mol. The Hall–Kier alpha value is -1.06. The molecule has 0 aromatic heterocycles. The highest BCUT2D eigenvalue weighted by atomic mass is 35.5. The summed E-state index contributed by atoms with van der Waals surface area (Å²) in [5, 5.41) is 6.67. The Kier molecular flexibility index (Phi) is 5.87. The second-order valence-electron chi connectivity index (χ2n) is 6.66. The van der Waals surface area contributed by atoms with Gasteiger partial charge in [-0.25, -0.2) is 0 Å². The summed E-state index contributed by atoms with van der Waals surface area (Å²) in [6.45, 7) is 3.96. The Morgan fingerprint density at radius 3 is 2.73 bits per heavy atom. The maximum atomic E-state index is 12.9. The number of carbonyl (C=O) groups is 1. The average molecular weight is 323 g/mol. The Morgan fingerprint density at radius 2 is 2.09 bits per heavy atom. The van der Waals surface area contributed by atoms with Crippen LogP contribution in [0.2, 0.25) is 0 Å². The Labute approximate surface area is 139 Å². The molecule has 1 unspecified atom stereocenters. The van der Waals surface area contributed by atoms with E-state index < -0.39 is 0 Å². The van der Waals surface area contributed by atoms with Gasteiger partial charge in [-0.2, -0.15) is 0 Å². The van der Waals surface area contributed by atoms with Gasteiger partial charge in [0.05, 0.1) is 5.41 Å². The first-order chi connectivity index (χ1) is 10.2. The minimum absolute atomic E-state index is 0. The van der Waals surface area contributed by atoms with Crippen molar-refractivity contribution in [2.24, 2.45) is 0 Å². The maximum Gasteiger partial charge on any atom is 0.230 e. The fourth-order valence-corrected chi connectivity index (χ4v) is 3.88. The molecule has 0 bridgehead atoms. The van der Waals surface area contributed by atoms with Crippen molar-refractivity contribution in [2.75, 3.05) is 13.1 Å². The highest BCUT2D eigenvalue weighted by Crippen LogP contribution is 2.41. The summed E-state index contributed by atoms with van der Waals surface area (Å²) in [5.41, 5.74) is 2.16. The molecule has 22 heavy (non-hydrogen) atoms. The number of halogens is 1. The van der Waals surface area contributed by atoms with E-state index in [1.54, 1.807) is 0 Å². The minimum Gasteiger partial charge on any atom is -0.354 e. The topological polar surface area (TPSA) is 41.1 Å². The molecule has 0 spiro atoms. The molecule has 1 aliphatic carbocycles. The Morgan fingerprint density at radius 1 is 1.32 bits per heavy atom. The molecule has 1 heterocycles. The fraction of sp³-hybridized carbons (Fsp3) is 0.611. The molecule has 2 fully saturated rings. The number of benzene rings is 1. The van der Waals surface area contributed by atoms with Crippen molar-refractivity contribution in [3.63, 3.8) is 0 Å². The molecule has 1 atom stereocenters. The van der Waals surface area contributed by atoms with Crippen molar-refractivity contribution >= 4 is 18.3 Å². The molecule has 1 saturated heterocycles. The van der Waals surface area contributed by atoms with Crippen LogP contribution in [-0.2, 0) is 10.2 Å². The van der Waals surface area contributed by atoms with Crippen LogP contribution in [0.3, 0.4) is 0 Å². The van der Waals surface area contributed by atoms with Crippen LogP contribution < -0.4 is 10.6 Å². The van der Waals surface area contributed by atoms with Crippen LogP contribution >= 0.6 is 12.4 Å². The lowest BCUT2D eigenvalue weighted by Crippen LogP contribution is -2.46. The molecule has 2 N–H and O–H groups in total. The second kappa shape index (κ2) is 7.47. The van der Waals surface area contributed by atoms with Gasteiger partial charge in [0.2, 0.25) is 5.91 Å².